The van der Waals surface area contributed by atoms with E-state index in [-0.39, 0.29) is 11.4 Å². The highest BCUT2D eigenvalue weighted by molar-refractivity contribution is 6.31. The Morgan fingerprint density at radius 3 is 2.62 bits per heavy atom. The lowest BCUT2D eigenvalue weighted by Gasteiger charge is -2.12. The van der Waals surface area contributed by atoms with Crippen LogP contribution in [-0.4, -0.2) is 4.98 Å². The van der Waals surface area contributed by atoms with Crippen molar-refractivity contribution in [3.05, 3.63) is 46.7 Å². The van der Waals surface area contributed by atoms with Gasteiger partial charge in [-0.25, -0.2) is 4.98 Å². The van der Waals surface area contributed by atoms with E-state index < -0.39 is 11.9 Å². The van der Waals surface area contributed by atoms with Crippen LogP contribution in [0.15, 0.2) is 30.5 Å². The molecule has 3 nitrogen and oxygen atoms in total. The molecule has 21 heavy (non-hydrogen) atoms. The number of anilines is 1. The van der Waals surface area contributed by atoms with E-state index in [1.54, 1.807) is 18.2 Å². The summed E-state index contributed by atoms with van der Waals surface area (Å²) in [6, 6.07) is 5.62. The minimum absolute atomic E-state index is 0.0241. The summed E-state index contributed by atoms with van der Waals surface area (Å²) in [5.74, 6) is 0.268. The second-order valence-electron chi connectivity index (χ2n) is 4.31. The zero-order chi connectivity index (χ0) is 15.6. The summed E-state index contributed by atoms with van der Waals surface area (Å²) in [4.78, 5) is 3.25. The van der Waals surface area contributed by atoms with Gasteiger partial charge in [-0.3, -0.25) is 0 Å². The lowest BCUT2D eigenvalue weighted by molar-refractivity contribution is -0.141. The highest BCUT2D eigenvalue weighted by Gasteiger charge is 2.33. The van der Waals surface area contributed by atoms with Gasteiger partial charge in [0, 0.05) is 11.1 Å². The van der Waals surface area contributed by atoms with Crippen LogP contribution in [0.3, 0.4) is 0 Å². The first-order valence-corrected chi connectivity index (χ1v) is 6.48. The van der Waals surface area contributed by atoms with Crippen LogP contribution in [0, 0.1) is 0 Å². The number of hydrogen-bond donors (Lipinski definition) is 1. The Bertz CT molecular complexity index is 659. The number of pyridine rings is 1. The average molecular weight is 317 g/mol. The molecule has 2 aromatic rings. The summed E-state index contributed by atoms with van der Waals surface area (Å²) in [6.45, 7) is 1.91. The minimum atomic E-state index is -4.56. The van der Waals surface area contributed by atoms with E-state index in [2.05, 4.69) is 4.98 Å². The molecule has 0 unspecified atom stereocenters. The lowest BCUT2D eigenvalue weighted by atomic mass is 10.1. The van der Waals surface area contributed by atoms with Gasteiger partial charge in [-0.2, -0.15) is 13.2 Å². The number of hydrogen-bond acceptors (Lipinski definition) is 3. The Kier molecular flexibility index (Phi) is 4.27. The Hall–Kier alpha value is -1.95. The summed E-state index contributed by atoms with van der Waals surface area (Å²) in [7, 11) is 0. The first-order valence-electron chi connectivity index (χ1n) is 6.10. The summed E-state index contributed by atoms with van der Waals surface area (Å²) in [6.07, 6.45) is -2.95. The van der Waals surface area contributed by atoms with Gasteiger partial charge in [0.2, 0.25) is 0 Å². The van der Waals surface area contributed by atoms with E-state index in [1.165, 1.54) is 0 Å². The van der Waals surface area contributed by atoms with Crippen LogP contribution in [0.1, 0.15) is 18.2 Å². The van der Waals surface area contributed by atoms with Gasteiger partial charge in [0.15, 0.2) is 5.75 Å². The number of nitrogens with two attached hydrogens (primary N) is 1. The fourth-order valence-electron chi connectivity index (χ4n) is 1.70. The molecule has 7 heteroatoms. The van der Waals surface area contributed by atoms with Gasteiger partial charge in [-0.05, 0) is 30.2 Å². The first-order chi connectivity index (χ1) is 9.81. The molecule has 2 N–H and O–H groups in total. The number of benzene rings is 1. The summed E-state index contributed by atoms with van der Waals surface area (Å²) in [5, 5.41) is 0.573. The van der Waals surface area contributed by atoms with Crippen molar-refractivity contribution in [1.29, 1.82) is 0 Å². The number of aromatic nitrogens is 1. The van der Waals surface area contributed by atoms with Gasteiger partial charge in [0.05, 0.1) is 11.9 Å². The summed E-state index contributed by atoms with van der Waals surface area (Å²) in [5.41, 5.74) is 5.40. The SMILES string of the molecule is CCc1cc(Oc2cc(C(F)(F)F)ncc2N)ccc1Cl. The maximum absolute atomic E-state index is 12.6. The van der Waals surface area contributed by atoms with Crippen molar-refractivity contribution in [2.45, 2.75) is 19.5 Å². The fraction of sp³-hybridized carbons (Fsp3) is 0.214. The maximum Gasteiger partial charge on any atom is 0.433 e. The maximum atomic E-state index is 12.6. The number of aryl methyl sites for hydroxylation is 1. The number of nitrogen functional groups attached to an aromatic ring is 1. The molecule has 0 saturated heterocycles. The summed E-state index contributed by atoms with van der Waals surface area (Å²) >= 11 is 5.98. The Labute approximate surface area is 124 Å². The molecule has 0 aliphatic carbocycles. The van der Waals surface area contributed by atoms with Crippen molar-refractivity contribution < 1.29 is 17.9 Å². The second kappa shape index (κ2) is 5.81. The van der Waals surface area contributed by atoms with Crippen molar-refractivity contribution >= 4 is 17.3 Å². The Balaban J connectivity index is 2.35. The molecule has 0 amide bonds. The van der Waals surface area contributed by atoms with Crippen molar-refractivity contribution in [1.82, 2.24) is 4.98 Å². The van der Waals surface area contributed by atoms with E-state index in [4.69, 9.17) is 22.1 Å². The monoisotopic (exact) mass is 316 g/mol. The highest BCUT2D eigenvalue weighted by Crippen LogP contribution is 2.35. The Morgan fingerprint density at radius 1 is 1.29 bits per heavy atom. The predicted octanol–water partition coefficient (Wildman–Crippen LogP) is 4.69. The molecular weight excluding hydrogens is 305 g/mol. The molecule has 0 aliphatic heterocycles. The van der Waals surface area contributed by atoms with Crippen LogP contribution >= 0.6 is 11.6 Å². The van der Waals surface area contributed by atoms with Gasteiger partial charge in [0.1, 0.15) is 11.4 Å². The quantitative estimate of drug-likeness (QED) is 0.893. The van der Waals surface area contributed by atoms with E-state index in [0.717, 1.165) is 17.8 Å². The van der Waals surface area contributed by atoms with Crippen LogP contribution in [-0.2, 0) is 12.6 Å². The zero-order valence-electron chi connectivity index (χ0n) is 11.0. The molecule has 0 spiro atoms. The largest absolute Gasteiger partial charge is 0.455 e. The molecule has 0 atom stereocenters. The smallest absolute Gasteiger partial charge is 0.433 e. The molecule has 1 aromatic carbocycles. The van der Waals surface area contributed by atoms with Crippen molar-refractivity contribution in [2.24, 2.45) is 0 Å². The topological polar surface area (TPSA) is 48.1 Å². The van der Waals surface area contributed by atoms with E-state index >= 15 is 0 Å². The van der Waals surface area contributed by atoms with Gasteiger partial charge < -0.3 is 10.5 Å². The molecule has 0 radical (unpaired) electrons. The molecule has 0 saturated carbocycles. The lowest BCUT2D eigenvalue weighted by Crippen LogP contribution is -2.08. The predicted molar refractivity (Wildman–Crippen MR) is 74.6 cm³/mol. The van der Waals surface area contributed by atoms with Crippen molar-refractivity contribution in [3.63, 3.8) is 0 Å². The third-order valence-electron chi connectivity index (χ3n) is 2.81. The third-order valence-corrected chi connectivity index (χ3v) is 3.18. The van der Waals surface area contributed by atoms with Crippen molar-refractivity contribution in [3.8, 4) is 11.5 Å². The van der Waals surface area contributed by atoms with Crippen LogP contribution in [0.25, 0.3) is 0 Å². The van der Waals surface area contributed by atoms with Gasteiger partial charge >= 0.3 is 6.18 Å². The molecule has 1 aromatic heterocycles. The standard InChI is InChI=1S/C14H12ClF3N2O/c1-2-8-5-9(3-4-10(8)15)21-12-6-13(14(16,17)18)20-7-11(12)19/h3-7H,2,19H2,1H3. The molecular formula is C14H12ClF3N2O. The fourth-order valence-corrected chi connectivity index (χ4v) is 1.95. The number of halogens is 4. The second-order valence-corrected chi connectivity index (χ2v) is 4.72. The summed E-state index contributed by atoms with van der Waals surface area (Å²) < 4.78 is 43.3. The third kappa shape index (κ3) is 3.58. The highest BCUT2D eigenvalue weighted by atomic mass is 35.5. The average Bonchev–Trinajstić information content (AvgIpc) is 2.42. The number of nitrogens with zero attached hydrogens (tertiary/aromatic N) is 1. The Morgan fingerprint density at radius 2 is 2.00 bits per heavy atom. The van der Waals surface area contributed by atoms with Crippen LogP contribution in [0.4, 0.5) is 18.9 Å². The van der Waals surface area contributed by atoms with E-state index in [9.17, 15) is 13.2 Å². The number of alkyl halides is 3. The first kappa shape index (κ1) is 15.4. The molecule has 1 heterocycles. The molecule has 0 aliphatic rings. The zero-order valence-corrected chi connectivity index (χ0v) is 11.8. The molecule has 0 bridgehead atoms. The number of ether oxygens (including phenoxy) is 1. The van der Waals surface area contributed by atoms with Gasteiger partial charge in [0.25, 0.3) is 0 Å². The van der Waals surface area contributed by atoms with Gasteiger partial charge in [-0.1, -0.05) is 18.5 Å². The van der Waals surface area contributed by atoms with E-state index in [1.807, 2.05) is 6.92 Å². The normalized spacial score (nSPS) is 11.5. The van der Waals surface area contributed by atoms with E-state index in [0.29, 0.717) is 17.2 Å². The molecule has 0 fully saturated rings. The minimum Gasteiger partial charge on any atom is -0.455 e. The molecule has 2 rings (SSSR count). The van der Waals surface area contributed by atoms with Gasteiger partial charge in [-0.15, -0.1) is 0 Å². The van der Waals surface area contributed by atoms with Crippen LogP contribution in [0.2, 0.25) is 5.02 Å². The number of rotatable bonds is 3. The van der Waals surface area contributed by atoms with Crippen LogP contribution in [0.5, 0.6) is 11.5 Å². The van der Waals surface area contributed by atoms with Crippen LogP contribution < -0.4 is 10.5 Å². The van der Waals surface area contributed by atoms with Crippen molar-refractivity contribution in [2.75, 3.05) is 5.73 Å². The molecule has 112 valence electrons.